The second-order valence-corrected chi connectivity index (χ2v) is 6.30. The van der Waals surface area contributed by atoms with E-state index in [-0.39, 0.29) is 37.1 Å². The Kier molecular flexibility index (Phi) is 5.21. The molecule has 0 radical (unpaired) electrons. The zero-order valence-electron chi connectivity index (χ0n) is 14.0. The van der Waals surface area contributed by atoms with E-state index in [2.05, 4.69) is 0 Å². The van der Waals surface area contributed by atoms with Gasteiger partial charge in [-0.15, -0.1) is 0 Å². The molecule has 1 heterocycles. The van der Waals surface area contributed by atoms with Crippen molar-refractivity contribution >= 4 is 23.5 Å². The molecule has 1 saturated heterocycles. The van der Waals surface area contributed by atoms with Crippen molar-refractivity contribution in [1.29, 1.82) is 0 Å². The number of carbonyl (C=O) groups excluding carboxylic acids is 2. The molecule has 1 aliphatic heterocycles. The van der Waals surface area contributed by atoms with Crippen molar-refractivity contribution in [1.82, 2.24) is 4.90 Å². The summed E-state index contributed by atoms with van der Waals surface area (Å²) in [5.41, 5.74) is 0.998. The molecule has 0 aliphatic carbocycles. The first-order chi connectivity index (χ1) is 11.2. The van der Waals surface area contributed by atoms with Crippen LogP contribution in [0.4, 0.5) is 10.1 Å². The molecule has 24 heavy (non-hydrogen) atoms. The Balaban J connectivity index is 2.07. The van der Waals surface area contributed by atoms with Gasteiger partial charge < -0.3 is 14.9 Å². The Morgan fingerprint density at radius 2 is 2.12 bits per heavy atom. The maximum absolute atomic E-state index is 13.4. The van der Waals surface area contributed by atoms with E-state index in [1.807, 2.05) is 0 Å². The number of benzene rings is 1. The highest BCUT2D eigenvalue weighted by Gasteiger charge is 2.37. The molecule has 2 unspecified atom stereocenters. The minimum absolute atomic E-state index is 0.0705. The average Bonchev–Trinajstić information content (AvgIpc) is 2.90. The van der Waals surface area contributed by atoms with Gasteiger partial charge in [0.15, 0.2) is 0 Å². The molecule has 7 heteroatoms. The summed E-state index contributed by atoms with van der Waals surface area (Å²) in [6.45, 7) is 3.45. The Bertz CT molecular complexity index is 677. The van der Waals surface area contributed by atoms with E-state index in [9.17, 15) is 18.8 Å². The van der Waals surface area contributed by atoms with Gasteiger partial charge in [0.05, 0.1) is 11.8 Å². The van der Waals surface area contributed by atoms with Crippen LogP contribution < -0.4 is 4.90 Å². The van der Waals surface area contributed by atoms with Crippen LogP contribution >= 0.6 is 0 Å². The lowest BCUT2D eigenvalue weighted by atomic mass is 10.1. The minimum Gasteiger partial charge on any atom is -0.481 e. The first-order valence-electron chi connectivity index (χ1n) is 7.75. The zero-order valence-corrected chi connectivity index (χ0v) is 14.0. The molecule has 0 spiro atoms. The van der Waals surface area contributed by atoms with Gasteiger partial charge in [0, 0.05) is 32.2 Å². The molecule has 2 atom stereocenters. The summed E-state index contributed by atoms with van der Waals surface area (Å²) in [5.74, 6) is -2.96. The Morgan fingerprint density at radius 3 is 2.71 bits per heavy atom. The fourth-order valence-electron chi connectivity index (χ4n) is 2.81. The third-order valence-corrected chi connectivity index (χ3v) is 4.27. The molecule has 1 N–H and O–H groups in total. The monoisotopic (exact) mass is 336 g/mol. The summed E-state index contributed by atoms with van der Waals surface area (Å²) < 4.78 is 13.4. The lowest BCUT2D eigenvalue weighted by Crippen LogP contribution is -2.38. The summed E-state index contributed by atoms with van der Waals surface area (Å²) in [7, 11) is 1.54. The van der Waals surface area contributed by atoms with Crippen molar-refractivity contribution in [3.05, 3.63) is 29.6 Å². The number of hydrogen-bond donors (Lipinski definition) is 1. The van der Waals surface area contributed by atoms with Gasteiger partial charge in [-0.1, -0.05) is 6.92 Å². The molecule has 1 aromatic carbocycles. The highest BCUT2D eigenvalue weighted by molar-refractivity contribution is 6.00. The second kappa shape index (κ2) is 6.98. The Morgan fingerprint density at radius 1 is 1.46 bits per heavy atom. The summed E-state index contributed by atoms with van der Waals surface area (Å²) >= 11 is 0. The topological polar surface area (TPSA) is 77.9 Å². The number of aryl methyl sites for hydroxylation is 1. The highest BCUT2D eigenvalue weighted by atomic mass is 19.1. The summed E-state index contributed by atoms with van der Waals surface area (Å²) in [6.07, 6.45) is 0.0705. The summed E-state index contributed by atoms with van der Waals surface area (Å²) in [4.78, 5) is 38.4. The molecule has 0 bridgehead atoms. The number of amides is 2. The van der Waals surface area contributed by atoms with Gasteiger partial charge in [-0.3, -0.25) is 14.4 Å². The van der Waals surface area contributed by atoms with Crippen molar-refractivity contribution in [2.24, 2.45) is 11.8 Å². The third-order valence-electron chi connectivity index (χ3n) is 4.27. The van der Waals surface area contributed by atoms with Crippen molar-refractivity contribution < 1.29 is 23.9 Å². The molecule has 1 aromatic rings. The fraction of sp³-hybridized carbons (Fsp3) is 0.471. The Labute approximate surface area is 139 Å². The predicted molar refractivity (Wildman–Crippen MR) is 86.0 cm³/mol. The lowest BCUT2D eigenvalue weighted by Gasteiger charge is -2.23. The first-order valence-corrected chi connectivity index (χ1v) is 7.75. The van der Waals surface area contributed by atoms with Crippen LogP contribution in [0.2, 0.25) is 0 Å². The van der Waals surface area contributed by atoms with E-state index in [0.29, 0.717) is 11.3 Å². The van der Waals surface area contributed by atoms with Gasteiger partial charge in [0.1, 0.15) is 5.82 Å². The number of carboxylic acids is 1. The van der Waals surface area contributed by atoms with Crippen molar-refractivity contribution in [3.63, 3.8) is 0 Å². The predicted octanol–water partition coefficient (Wildman–Crippen LogP) is 1.67. The zero-order chi connectivity index (χ0) is 18.0. The third kappa shape index (κ3) is 3.72. The normalized spacial score (nSPS) is 18.6. The van der Waals surface area contributed by atoms with Crippen LogP contribution in [0.5, 0.6) is 0 Å². The molecule has 130 valence electrons. The van der Waals surface area contributed by atoms with E-state index < -0.39 is 17.8 Å². The number of halogens is 1. The van der Waals surface area contributed by atoms with Crippen LogP contribution in [0, 0.1) is 24.6 Å². The smallest absolute Gasteiger partial charge is 0.308 e. The minimum atomic E-state index is -0.972. The SMILES string of the molecule is Cc1cc(N2CC(C(=O)N(C)CC(C)C(=O)O)CC2=O)ccc1F. The average molecular weight is 336 g/mol. The number of anilines is 1. The van der Waals surface area contributed by atoms with Crippen molar-refractivity contribution in [2.45, 2.75) is 20.3 Å². The largest absolute Gasteiger partial charge is 0.481 e. The molecule has 0 aromatic heterocycles. The summed E-state index contributed by atoms with van der Waals surface area (Å²) in [6, 6.07) is 4.40. The number of rotatable bonds is 5. The quantitative estimate of drug-likeness (QED) is 0.887. The van der Waals surface area contributed by atoms with Crippen LogP contribution in [-0.4, -0.2) is 47.9 Å². The number of carboxylic acid groups (broad SMARTS) is 1. The maximum atomic E-state index is 13.4. The second-order valence-electron chi connectivity index (χ2n) is 6.30. The van der Waals surface area contributed by atoms with Crippen LogP contribution in [0.25, 0.3) is 0 Å². The van der Waals surface area contributed by atoms with Crippen LogP contribution in [0.15, 0.2) is 18.2 Å². The van der Waals surface area contributed by atoms with E-state index in [1.165, 1.54) is 35.9 Å². The molecular weight excluding hydrogens is 315 g/mol. The standard InChI is InChI=1S/C17H21FN2O4/c1-10-6-13(4-5-14(10)18)20-9-12(7-15(20)21)16(22)19(3)8-11(2)17(23)24/h4-6,11-12H,7-9H2,1-3H3,(H,23,24). The van der Waals surface area contributed by atoms with Gasteiger partial charge in [0.2, 0.25) is 11.8 Å². The molecule has 1 aliphatic rings. The fourth-order valence-corrected chi connectivity index (χ4v) is 2.81. The number of nitrogens with zero attached hydrogens (tertiary/aromatic N) is 2. The number of carbonyl (C=O) groups is 3. The molecule has 6 nitrogen and oxygen atoms in total. The van der Waals surface area contributed by atoms with E-state index in [1.54, 1.807) is 13.0 Å². The molecule has 2 rings (SSSR count). The molecule has 2 amide bonds. The first kappa shape index (κ1) is 17.9. The van der Waals surface area contributed by atoms with Gasteiger partial charge in [-0.2, -0.15) is 0 Å². The van der Waals surface area contributed by atoms with Gasteiger partial charge in [0.25, 0.3) is 0 Å². The number of hydrogen-bond acceptors (Lipinski definition) is 3. The van der Waals surface area contributed by atoms with Gasteiger partial charge >= 0.3 is 5.97 Å². The molecule has 0 saturated carbocycles. The van der Waals surface area contributed by atoms with Crippen LogP contribution in [-0.2, 0) is 14.4 Å². The maximum Gasteiger partial charge on any atom is 0.308 e. The Hall–Kier alpha value is -2.44. The van der Waals surface area contributed by atoms with E-state index in [0.717, 1.165) is 0 Å². The van der Waals surface area contributed by atoms with Crippen molar-refractivity contribution in [2.75, 3.05) is 25.0 Å². The van der Waals surface area contributed by atoms with Gasteiger partial charge in [-0.05, 0) is 30.7 Å². The summed E-state index contributed by atoms with van der Waals surface area (Å²) in [5, 5.41) is 8.93. The number of aliphatic carboxylic acids is 1. The lowest BCUT2D eigenvalue weighted by molar-refractivity contribution is -0.143. The van der Waals surface area contributed by atoms with E-state index in [4.69, 9.17) is 5.11 Å². The molecular formula is C17H21FN2O4. The molecule has 1 fully saturated rings. The van der Waals surface area contributed by atoms with Crippen LogP contribution in [0.1, 0.15) is 18.9 Å². The van der Waals surface area contributed by atoms with Crippen LogP contribution in [0.3, 0.4) is 0 Å². The highest BCUT2D eigenvalue weighted by Crippen LogP contribution is 2.27. The van der Waals surface area contributed by atoms with E-state index >= 15 is 0 Å². The van der Waals surface area contributed by atoms with Crippen molar-refractivity contribution in [3.8, 4) is 0 Å². The van der Waals surface area contributed by atoms with Gasteiger partial charge in [-0.25, -0.2) is 4.39 Å².